The molecular weight excluding hydrogens is 310 g/mol. The van der Waals surface area contributed by atoms with Crippen LogP contribution in [0.5, 0.6) is 0 Å². The Bertz CT molecular complexity index is 815. The van der Waals surface area contributed by atoms with Gasteiger partial charge in [0.05, 0.1) is 0 Å². The summed E-state index contributed by atoms with van der Waals surface area (Å²) < 4.78 is 2.24. The zero-order valence-corrected chi connectivity index (χ0v) is 12.4. The van der Waals surface area contributed by atoms with Crippen molar-refractivity contribution in [1.29, 1.82) is 5.26 Å². The fourth-order valence-corrected chi connectivity index (χ4v) is 4.93. The van der Waals surface area contributed by atoms with Crippen LogP contribution in [0.1, 0.15) is 4.88 Å². The molecular formula is C14H7NO2S3. The van der Waals surface area contributed by atoms with E-state index in [0.717, 1.165) is 14.3 Å². The van der Waals surface area contributed by atoms with Crippen LogP contribution in [0.4, 0.5) is 0 Å². The van der Waals surface area contributed by atoms with E-state index in [1.807, 2.05) is 17.5 Å². The second-order valence-corrected chi connectivity index (χ2v) is 7.09. The van der Waals surface area contributed by atoms with E-state index in [1.54, 1.807) is 28.7 Å². The number of aliphatic carboxylic acids is 1. The summed E-state index contributed by atoms with van der Waals surface area (Å²) in [6.07, 6.45) is 1.42. The van der Waals surface area contributed by atoms with Gasteiger partial charge in [0.2, 0.25) is 0 Å². The molecule has 1 N–H and O–H groups in total. The van der Waals surface area contributed by atoms with Crippen LogP contribution < -0.4 is 0 Å². The van der Waals surface area contributed by atoms with Gasteiger partial charge in [0.15, 0.2) is 0 Å². The van der Waals surface area contributed by atoms with Crippen LogP contribution in [-0.4, -0.2) is 11.1 Å². The minimum absolute atomic E-state index is 0.239. The highest BCUT2D eigenvalue weighted by Crippen LogP contribution is 2.40. The summed E-state index contributed by atoms with van der Waals surface area (Å²) in [5.41, 5.74) is -0.239. The minimum atomic E-state index is -1.19. The van der Waals surface area contributed by atoms with E-state index >= 15 is 0 Å². The number of hydrogen-bond donors (Lipinski definition) is 1. The molecule has 0 spiro atoms. The summed E-state index contributed by atoms with van der Waals surface area (Å²) in [6.45, 7) is 0. The van der Waals surface area contributed by atoms with Gasteiger partial charge in [-0.3, -0.25) is 0 Å². The van der Waals surface area contributed by atoms with Crippen molar-refractivity contribution in [2.24, 2.45) is 0 Å². The molecule has 98 valence electrons. The van der Waals surface area contributed by atoms with Crippen molar-refractivity contribution in [2.45, 2.75) is 0 Å². The smallest absolute Gasteiger partial charge is 0.346 e. The molecule has 0 radical (unpaired) electrons. The maximum Gasteiger partial charge on any atom is 0.346 e. The number of carbonyl (C=O) groups is 1. The van der Waals surface area contributed by atoms with Crippen LogP contribution in [0, 0.1) is 11.3 Å². The highest BCUT2D eigenvalue weighted by Gasteiger charge is 2.11. The predicted octanol–water partition coefficient (Wildman–Crippen LogP) is 4.68. The Morgan fingerprint density at radius 2 is 2.05 bits per heavy atom. The molecule has 0 fully saturated rings. The molecule has 0 aliphatic heterocycles. The zero-order chi connectivity index (χ0) is 14.1. The first kappa shape index (κ1) is 13.1. The van der Waals surface area contributed by atoms with E-state index in [9.17, 15) is 4.79 Å². The monoisotopic (exact) mass is 317 g/mol. The van der Waals surface area contributed by atoms with Gasteiger partial charge in [0, 0.05) is 24.0 Å². The van der Waals surface area contributed by atoms with Crippen LogP contribution in [-0.2, 0) is 4.79 Å². The molecule has 6 heteroatoms. The Balaban J connectivity index is 2.00. The summed E-state index contributed by atoms with van der Waals surface area (Å²) in [5, 5.41) is 19.7. The summed E-state index contributed by atoms with van der Waals surface area (Å²) in [5.74, 6) is -1.19. The van der Waals surface area contributed by atoms with Gasteiger partial charge in [-0.05, 0) is 29.7 Å². The molecule has 20 heavy (non-hydrogen) atoms. The van der Waals surface area contributed by atoms with Crippen molar-refractivity contribution in [3.8, 4) is 15.8 Å². The molecule has 0 unspecified atom stereocenters. The van der Waals surface area contributed by atoms with E-state index in [1.165, 1.54) is 27.2 Å². The quantitative estimate of drug-likeness (QED) is 0.563. The van der Waals surface area contributed by atoms with Crippen molar-refractivity contribution in [1.82, 2.24) is 0 Å². The van der Waals surface area contributed by atoms with Gasteiger partial charge < -0.3 is 5.11 Å². The van der Waals surface area contributed by atoms with Crippen molar-refractivity contribution in [3.05, 3.63) is 40.1 Å². The van der Waals surface area contributed by atoms with Gasteiger partial charge in [-0.2, -0.15) is 5.26 Å². The summed E-state index contributed by atoms with van der Waals surface area (Å²) in [6, 6.07) is 9.84. The van der Waals surface area contributed by atoms with Crippen LogP contribution in [0.15, 0.2) is 35.2 Å². The number of thiophene rings is 3. The highest BCUT2D eigenvalue weighted by atomic mass is 32.1. The van der Waals surface area contributed by atoms with Gasteiger partial charge in [0.25, 0.3) is 0 Å². The Labute approximate surface area is 126 Å². The second kappa shape index (κ2) is 5.21. The van der Waals surface area contributed by atoms with Gasteiger partial charge in [-0.25, -0.2) is 4.79 Å². The molecule has 3 aromatic heterocycles. The fraction of sp³-hybridized carbons (Fsp3) is 0. The first-order valence-corrected chi connectivity index (χ1v) is 8.11. The number of carboxylic acid groups (broad SMARTS) is 1. The number of hydrogen-bond acceptors (Lipinski definition) is 5. The van der Waals surface area contributed by atoms with E-state index in [4.69, 9.17) is 10.4 Å². The third kappa shape index (κ3) is 2.39. The van der Waals surface area contributed by atoms with E-state index < -0.39 is 5.97 Å². The Hall–Kier alpha value is -1.94. The lowest BCUT2D eigenvalue weighted by molar-refractivity contribution is -0.132. The Morgan fingerprint density at radius 1 is 1.25 bits per heavy atom. The molecule has 3 heterocycles. The number of carboxylic acids is 1. The van der Waals surface area contributed by atoms with Gasteiger partial charge in [-0.1, -0.05) is 6.07 Å². The van der Waals surface area contributed by atoms with Crippen molar-refractivity contribution < 1.29 is 9.90 Å². The van der Waals surface area contributed by atoms with Gasteiger partial charge in [-0.15, -0.1) is 34.0 Å². The first-order chi connectivity index (χ1) is 9.67. The predicted molar refractivity (Wildman–Crippen MR) is 84.2 cm³/mol. The Kier molecular flexibility index (Phi) is 3.40. The SMILES string of the molecule is N#C/C(=C/c1cc2sc(-c3cccs3)cc2s1)C(=O)O. The first-order valence-electron chi connectivity index (χ1n) is 5.60. The average Bonchev–Trinajstić information content (AvgIpc) is 3.09. The summed E-state index contributed by atoms with van der Waals surface area (Å²) in [7, 11) is 0. The molecule has 0 aromatic carbocycles. The standard InChI is InChI=1S/C14H7NO2S3/c15-7-8(14(16)17)4-9-5-11-13(19-9)6-12(20-11)10-2-1-3-18-10/h1-6H,(H,16,17)/b8-4-. The molecule has 0 atom stereocenters. The zero-order valence-electron chi connectivity index (χ0n) is 9.99. The number of rotatable bonds is 3. The number of nitriles is 1. The molecule has 0 aliphatic carbocycles. The maximum atomic E-state index is 10.8. The Morgan fingerprint density at radius 3 is 2.65 bits per heavy atom. The summed E-state index contributed by atoms with van der Waals surface area (Å²) >= 11 is 4.88. The summed E-state index contributed by atoms with van der Waals surface area (Å²) in [4.78, 5) is 14.1. The molecule has 0 aliphatic rings. The van der Waals surface area contributed by atoms with Crippen molar-refractivity contribution in [3.63, 3.8) is 0 Å². The second-order valence-electron chi connectivity index (χ2n) is 3.94. The maximum absolute atomic E-state index is 10.8. The van der Waals surface area contributed by atoms with E-state index in [2.05, 4.69) is 12.1 Å². The third-order valence-corrected chi connectivity index (χ3v) is 5.93. The number of nitrogens with zero attached hydrogens (tertiary/aromatic N) is 1. The molecule has 3 nitrogen and oxygen atoms in total. The lowest BCUT2D eigenvalue weighted by Gasteiger charge is -1.89. The normalized spacial score (nSPS) is 11.7. The molecule has 0 amide bonds. The van der Waals surface area contributed by atoms with Crippen LogP contribution >= 0.6 is 34.0 Å². The molecule has 0 saturated heterocycles. The van der Waals surface area contributed by atoms with E-state index in [0.29, 0.717) is 0 Å². The van der Waals surface area contributed by atoms with Gasteiger partial charge >= 0.3 is 5.97 Å². The largest absolute Gasteiger partial charge is 0.477 e. The van der Waals surface area contributed by atoms with Crippen molar-refractivity contribution >= 4 is 55.5 Å². The highest BCUT2D eigenvalue weighted by molar-refractivity contribution is 7.31. The lowest BCUT2D eigenvalue weighted by Crippen LogP contribution is -1.96. The lowest BCUT2D eigenvalue weighted by atomic mass is 10.2. The fourth-order valence-electron chi connectivity index (χ4n) is 1.75. The average molecular weight is 317 g/mol. The number of fused-ring (bicyclic) bond motifs is 1. The van der Waals surface area contributed by atoms with Crippen LogP contribution in [0.25, 0.3) is 25.2 Å². The molecule has 0 saturated carbocycles. The van der Waals surface area contributed by atoms with E-state index in [-0.39, 0.29) is 5.57 Å². The molecule has 3 rings (SSSR count). The minimum Gasteiger partial charge on any atom is -0.477 e. The molecule has 3 aromatic rings. The third-order valence-electron chi connectivity index (χ3n) is 2.63. The molecule has 0 bridgehead atoms. The topological polar surface area (TPSA) is 61.1 Å². The van der Waals surface area contributed by atoms with Gasteiger partial charge in [0.1, 0.15) is 11.6 Å². The van der Waals surface area contributed by atoms with Crippen LogP contribution in [0.2, 0.25) is 0 Å². The van der Waals surface area contributed by atoms with Crippen molar-refractivity contribution in [2.75, 3.05) is 0 Å². The van der Waals surface area contributed by atoms with Crippen LogP contribution in [0.3, 0.4) is 0 Å².